The SMILES string of the molecule is COc1ccc(CN2CCn3nc(COCCN)c(Cl)c3C2)cc1. The summed E-state index contributed by atoms with van der Waals surface area (Å²) in [4.78, 5) is 2.37. The van der Waals surface area contributed by atoms with Crippen LogP contribution in [0.3, 0.4) is 0 Å². The highest BCUT2D eigenvalue weighted by Crippen LogP contribution is 2.26. The zero-order chi connectivity index (χ0) is 16.9. The van der Waals surface area contributed by atoms with Crippen LogP contribution in [-0.2, 0) is 31.0 Å². The Morgan fingerprint density at radius 1 is 1.25 bits per heavy atom. The van der Waals surface area contributed by atoms with Crippen LogP contribution in [0.15, 0.2) is 24.3 Å². The third-order valence-electron chi connectivity index (χ3n) is 4.13. The van der Waals surface area contributed by atoms with Gasteiger partial charge in [-0.15, -0.1) is 0 Å². The van der Waals surface area contributed by atoms with Crippen LogP contribution < -0.4 is 10.5 Å². The van der Waals surface area contributed by atoms with Gasteiger partial charge in [-0.2, -0.15) is 5.10 Å². The number of nitrogens with two attached hydrogens (primary N) is 1. The largest absolute Gasteiger partial charge is 0.497 e. The molecule has 0 unspecified atom stereocenters. The Labute approximate surface area is 147 Å². The van der Waals surface area contributed by atoms with Crippen molar-refractivity contribution in [2.24, 2.45) is 5.73 Å². The molecule has 0 spiro atoms. The van der Waals surface area contributed by atoms with Gasteiger partial charge >= 0.3 is 0 Å². The molecular formula is C17H23ClN4O2. The summed E-state index contributed by atoms with van der Waals surface area (Å²) in [5, 5.41) is 5.28. The summed E-state index contributed by atoms with van der Waals surface area (Å²) in [6.07, 6.45) is 0. The first-order valence-corrected chi connectivity index (χ1v) is 8.46. The first kappa shape index (κ1) is 17.2. The predicted octanol–water partition coefficient (Wildman–Crippen LogP) is 2.04. The number of fused-ring (bicyclic) bond motifs is 1. The molecule has 0 amide bonds. The third kappa shape index (κ3) is 3.89. The standard InChI is InChI=1S/C17H23ClN4O2/c1-23-14-4-2-13(3-5-14)10-21-7-8-22-16(11-21)17(18)15(20-22)12-24-9-6-19/h2-5H,6-12,19H2,1H3. The van der Waals surface area contributed by atoms with Crippen LogP contribution in [0.25, 0.3) is 0 Å². The van der Waals surface area contributed by atoms with Crippen LogP contribution in [0.4, 0.5) is 0 Å². The van der Waals surface area contributed by atoms with Crippen molar-refractivity contribution in [3.63, 3.8) is 0 Å². The van der Waals surface area contributed by atoms with Crippen molar-refractivity contribution in [3.8, 4) is 5.75 Å². The molecule has 1 aliphatic heterocycles. The Morgan fingerprint density at radius 3 is 2.75 bits per heavy atom. The minimum atomic E-state index is 0.411. The lowest BCUT2D eigenvalue weighted by Crippen LogP contribution is -2.33. The van der Waals surface area contributed by atoms with Crippen molar-refractivity contribution in [3.05, 3.63) is 46.2 Å². The Morgan fingerprint density at radius 2 is 2.04 bits per heavy atom. The van der Waals surface area contributed by atoms with Crippen LogP contribution in [0.2, 0.25) is 5.02 Å². The van der Waals surface area contributed by atoms with E-state index in [-0.39, 0.29) is 0 Å². The topological polar surface area (TPSA) is 65.5 Å². The number of nitrogens with zero attached hydrogens (tertiary/aromatic N) is 3. The molecule has 2 aromatic rings. The van der Waals surface area contributed by atoms with Crippen LogP contribution in [0, 0.1) is 0 Å². The number of aromatic nitrogens is 2. The molecule has 0 saturated carbocycles. The summed E-state index contributed by atoms with van der Waals surface area (Å²) in [5.41, 5.74) is 8.55. The first-order valence-electron chi connectivity index (χ1n) is 8.08. The van der Waals surface area contributed by atoms with Crippen LogP contribution >= 0.6 is 11.6 Å². The van der Waals surface area contributed by atoms with E-state index in [1.807, 2.05) is 16.8 Å². The molecule has 2 heterocycles. The molecule has 3 rings (SSSR count). The fraction of sp³-hybridized carbons (Fsp3) is 0.471. The maximum atomic E-state index is 6.49. The summed E-state index contributed by atoms with van der Waals surface area (Å²) in [7, 11) is 1.68. The zero-order valence-electron chi connectivity index (χ0n) is 13.9. The number of ether oxygens (including phenoxy) is 2. The van der Waals surface area contributed by atoms with Crippen molar-refractivity contribution >= 4 is 11.6 Å². The molecule has 24 heavy (non-hydrogen) atoms. The van der Waals surface area contributed by atoms with Crippen LogP contribution in [0.1, 0.15) is 17.0 Å². The van der Waals surface area contributed by atoms with Gasteiger partial charge in [0.15, 0.2) is 0 Å². The van der Waals surface area contributed by atoms with E-state index in [0.717, 1.165) is 43.3 Å². The van der Waals surface area contributed by atoms with Crippen LogP contribution in [0.5, 0.6) is 5.75 Å². The van der Waals surface area contributed by atoms with Gasteiger partial charge in [0.1, 0.15) is 11.4 Å². The van der Waals surface area contributed by atoms with E-state index >= 15 is 0 Å². The minimum Gasteiger partial charge on any atom is -0.497 e. The highest BCUT2D eigenvalue weighted by atomic mass is 35.5. The van der Waals surface area contributed by atoms with Crippen molar-refractivity contribution in [2.75, 3.05) is 26.8 Å². The molecule has 0 saturated heterocycles. The van der Waals surface area contributed by atoms with Gasteiger partial charge < -0.3 is 15.2 Å². The molecule has 6 nitrogen and oxygen atoms in total. The van der Waals surface area contributed by atoms with Crippen molar-refractivity contribution in [1.29, 1.82) is 0 Å². The van der Waals surface area contributed by atoms with Gasteiger partial charge in [0, 0.05) is 26.2 Å². The monoisotopic (exact) mass is 350 g/mol. The van der Waals surface area contributed by atoms with E-state index in [4.69, 9.17) is 26.8 Å². The summed E-state index contributed by atoms with van der Waals surface area (Å²) in [6, 6.07) is 8.17. The lowest BCUT2D eigenvalue weighted by Gasteiger charge is -2.27. The lowest BCUT2D eigenvalue weighted by atomic mass is 10.2. The summed E-state index contributed by atoms with van der Waals surface area (Å²) in [5.74, 6) is 0.876. The Balaban J connectivity index is 1.64. The number of halogens is 1. The van der Waals surface area contributed by atoms with E-state index in [1.54, 1.807) is 7.11 Å². The van der Waals surface area contributed by atoms with E-state index in [9.17, 15) is 0 Å². The zero-order valence-corrected chi connectivity index (χ0v) is 14.6. The van der Waals surface area contributed by atoms with Gasteiger partial charge in [-0.3, -0.25) is 9.58 Å². The average Bonchev–Trinajstić information content (AvgIpc) is 2.92. The highest BCUT2D eigenvalue weighted by molar-refractivity contribution is 6.31. The van der Waals surface area contributed by atoms with Crippen molar-refractivity contribution < 1.29 is 9.47 Å². The highest BCUT2D eigenvalue weighted by Gasteiger charge is 2.23. The number of hydrogen-bond donors (Lipinski definition) is 1. The Bertz CT molecular complexity index is 672. The molecule has 1 aromatic carbocycles. The molecule has 0 fully saturated rings. The first-order chi connectivity index (χ1) is 11.7. The number of rotatable bonds is 7. The smallest absolute Gasteiger partial charge is 0.118 e. The second-order valence-electron chi connectivity index (χ2n) is 5.83. The predicted molar refractivity (Wildman–Crippen MR) is 93.1 cm³/mol. The normalized spacial score (nSPS) is 14.6. The minimum absolute atomic E-state index is 0.411. The molecule has 0 aliphatic carbocycles. The average molecular weight is 351 g/mol. The molecule has 1 aromatic heterocycles. The van der Waals surface area contributed by atoms with E-state index in [1.165, 1.54) is 5.56 Å². The maximum absolute atomic E-state index is 6.49. The fourth-order valence-corrected chi connectivity index (χ4v) is 3.11. The second kappa shape index (κ2) is 7.98. The molecule has 0 radical (unpaired) electrons. The van der Waals surface area contributed by atoms with E-state index in [2.05, 4.69) is 22.1 Å². The summed E-state index contributed by atoms with van der Waals surface area (Å²) >= 11 is 6.49. The maximum Gasteiger partial charge on any atom is 0.118 e. The molecular weight excluding hydrogens is 328 g/mol. The van der Waals surface area contributed by atoms with Gasteiger partial charge in [0.05, 0.1) is 37.6 Å². The molecule has 0 bridgehead atoms. The van der Waals surface area contributed by atoms with Gasteiger partial charge in [0.2, 0.25) is 0 Å². The molecule has 2 N–H and O–H groups in total. The van der Waals surface area contributed by atoms with Gasteiger partial charge in [-0.05, 0) is 17.7 Å². The number of methoxy groups -OCH3 is 1. The van der Waals surface area contributed by atoms with Gasteiger partial charge in [-0.1, -0.05) is 23.7 Å². The Kier molecular flexibility index (Phi) is 5.73. The molecule has 130 valence electrons. The van der Waals surface area contributed by atoms with Crippen molar-refractivity contribution in [2.45, 2.75) is 26.2 Å². The van der Waals surface area contributed by atoms with Crippen LogP contribution in [-0.4, -0.2) is 41.5 Å². The molecule has 1 aliphatic rings. The molecule has 7 heteroatoms. The van der Waals surface area contributed by atoms with Gasteiger partial charge in [0.25, 0.3) is 0 Å². The summed E-state index contributed by atoms with van der Waals surface area (Å²) in [6.45, 7) is 4.87. The third-order valence-corrected chi connectivity index (χ3v) is 4.56. The second-order valence-corrected chi connectivity index (χ2v) is 6.21. The van der Waals surface area contributed by atoms with E-state index in [0.29, 0.717) is 24.8 Å². The number of benzene rings is 1. The summed E-state index contributed by atoms with van der Waals surface area (Å²) < 4.78 is 12.7. The lowest BCUT2D eigenvalue weighted by molar-refractivity contribution is 0.125. The Hall–Kier alpha value is -1.60. The fourth-order valence-electron chi connectivity index (χ4n) is 2.86. The number of hydrogen-bond acceptors (Lipinski definition) is 5. The molecule has 0 atom stereocenters. The quantitative estimate of drug-likeness (QED) is 0.774. The van der Waals surface area contributed by atoms with Gasteiger partial charge in [-0.25, -0.2) is 0 Å². The van der Waals surface area contributed by atoms with E-state index < -0.39 is 0 Å². The van der Waals surface area contributed by atoms with Crippen molar-refractivity contribution in [1.82, 2.24) is 14.7 Å².